The largest absolute Gasteiger partial charge is 0.342 e. The van der Waals surface area contributed by atoms with Crippen molar-refractivity contribution in [1.29, 1.82) is 0 Å². The van der Waals surface area contributed by atoms with Crippen molar-refractivity contribution in [3.63, 3.8) is 0 Å². The molecule has 6 rings (SSSR count). The quantitative estimate of drug-likeness (QED) is 0.243. The number of nitrogens with one attached hydrogen (secondary N) is 1. The molecule has 0 radical (unpaired) electrons. The summed E-state index contributed by atoms with van der Waals surface area (Å²) in [6.07, 6.45) is 6.42. The van der Waals surface area contributed by atoms with Crippen molar-refractivity contribution in [1.82, 2.24) is 19.4 Å². The Hall–Kier alpha value is -2.41. The van der Waals surface area contributed by atoms with Gasteiger partial charge in [-0.25, -0.2) is 9.97 Å². The van der Waals surface area contributed by atoms with E-state index in [1.54, 1.807) is 23.0 Å². The molecule has 198 valence electrons. The minimum absolute atomic E-state index is 0.0243. The van der Waals surface area contributed by atoms with Gasteiger partial charge < -0.3 is 10.2 Å². The molecular formula is C26H27N5O3S4. The number of thiophene rings is 1. The number of benzene rings is 1. The first-order valence-corrected chi connectivity index (χ1v) is 16.3. The van der Waals surface area contributed by atoms with Crippen LogP contribution in [0.4, 0.5) is 5.69 Å². The molecule has 1 fully saturated rings. The molecule has 1 aromatic carbocycles. The van der Waals surface area contributed by atoms with E-state index >= 15 is 0 Å². The van der Waals surface area contributed by atoms with Gasteiger partial charge in [-0.2, -0.15) is 0 Å². The highest BCUT2D eigenvalue weighted by atomic mass is 32.2. The van der Waals surface area contributed by atoms with Crippen LogP contribution < -0.4 is 10.9 Å². The Balaban J connectivity index is 1.09. The summed E-state index contributed by atoms with van der Waals surface area (Å²) in [6, 6.07) is 5.64. The third kappa shape index (κ3) is 5.23. The summed E-state index contributed by atoms with van der Waals surface area (Å²) >= 11 is 5.89. The fraction of sp³-hybridized carbons (Fsp3) is 0.423. The number of carbonyl (C=O) groups is 2. The Kier molecular flexibility index (Phi) is 7.48. The van der Waals surface area contributed by atoms with Gasteiger partial charge in [-0.05, 0) is 62.3 Å². The molecule has 4 aromatic rings. The van der Waals surface area contributed by atoms with Crippen LogP contribution in [-0.4, -0.2) is 55.8 Å². The van der Waals surface area contributed by atoms with Crippen LogP contribution in [-0.2, 0) is 29.5 Å². The van der Waals surface area contributed by atoms with Gasteiger partial charge in [-0.3, -0.25) is 19.0 Å². The molecule has 0 atom stereocenters. The molecular weight excluding hydrogens is 559 g/mol. The molecule has 0 bridgehead atoms. The maximum Gasteiger partial charge on any atom is 0.262 e. The van der Waals surface area contributed by atoms with Gasteiger partial charge in [-0.1, -0.05) is 23.5 Å². The molecule has 1 aliphatic heterocycles. The Morgan fingerprint density at radius 1 is 1.03 bits per heavy atom. The van der Waals surface area contributed by atoms with E-state index < -0.39 is 0 Å². The number of aromatic nitrogens is 3. The van der Waals surface area contributed by atoms with Crippen molar-refractivity contribution in [2.75, 3.05) is 29.9 Å². The van der Waals surface area contributed by atoms with Crippen LogP contribution in [0.1, 0.15) is 36.1 Å². The van der Waals surface area contributed by atoms with Gasteiger partial charge in [0.25, 0.3) is 5.56 Å². The van der Waals surface area contributed by atoms with Gasteiger partial charge in [0.1, 0.15) is 4.83 Å². The van der Waals surface area contributed by atoms with E-state index in [-0.39, 0.29) is 23.1 Å². The second kappa shape index (κ2) is 11.0. The van der Waals surface area contributed by atoms with E-state index in [1.165, 1.54) is 45.3 Å². The third-order valence-electron chi connectivity index (χ3n) is 6.92. The highest BCUT2D eigenvalue weighted by Gasteiger charge is 2.22. The van der Waals surface area contributed by atoms with Crippen LogP contribution in [0.25, 0.3) is 20.4 Å². The van der Waals surface area contributed by atoms with E-state index in [0.717, 1.165) is 76.4 Å². The highest BCUT2D eigenvalue weighted by molar-refractivity contribution is 8.01. The summed E-state index contributed by atoms with van der Waals surface area (Å²) in [5.74, 6) is 0.556. The number of fused-ring (bicyclic) bond motifs is 4. The Labute approximate surface area is 236 Å². The molecule has 0 unspecified atom stereocenters. The average molecular weight is 586 g/mol. The Morgan fingerprint density at radius 3 is 2.68 bits per heavy atom. The van der Waals surface area contributed by atoms with Crippen LogP contribution in [0.2, 0.25) is 0 Å². The molecule has 1 aliphatic carbocycles. The SMILES string of the molecule is Cn1c(SCC(=O)Nc2ccc3nc(SCC(=O)N4CCCC4)sc3c2)nc2sc3c(c2c1=O)CCCC3. The monoisotopic (exact) mass is 585 g/mol. The van der Waals surface area contributed by atoms with Gasteiger partial charge in [0.05, 0.1) is 27.1 Å². The first kappa shape index (κ1) is 25.8. The lowest BCUT2D eigenvalue weighted by Crippen LogP contribution is -2.29. The number of hydrogen-bond acceptors (Lipinski definition) is 9. The molecule has 0 saturated carbocycles. The predicted molar refractivity (Wildman–Crippen MR) is 157 cm³/mol. The first-order valence-electron chi connectivity index (χ1n) is 12.7. The second-order valence-electron chi connectivity index (χ2n) is 9.53. The number of carbonyl (C=O) groups excluding carboxylic acids is 2. The zero-order valence-electron chi connectivity index (χ0n) is 20.9. The smallest absolute Gasteiger partial charge is 0.262 e. The Bertz CT molecular complexity index is 1600. The summed E-state index contributed by atoms with van der Waals surface area (Å²) in [4.78, 5) is 51.5. The minimum atomic E-state index is -0.163. The van der Waals surface area contributed by atoms with E-state index in [9.17, 15) is 14.4 Å². The number of likely N-dealkylation sites (tertiary alicyclic amines) is 1. The summed E-state index contributed by atoms with van der Waals surface area (Å²) < 4.78 is 3.38. The maximum absolute atomic E-state index is 13.1. The van der Waals surface area contributed by atoms with Crippen LogP contribution in [0.5, 0.6) is 0 Å². The summed E-state index contributed by atoms with van der Waals surface area (Å²) in [7, 11) is 1.73. The van der Waals surface area contributed by atoms with E-state index in [0.29, 0.717) is 16.6 Å². The number of amides is 2. The Morgan fingerprint density at radius 2 is 1.84 bits per heavy atom. The summed E-state index contributed by atoms with van der Waals surface area (Å²) in [5, 5.41) is 4.27. The topological polar surface area (TPSA) is 97.2 Å². The third-order valence-corrected chi connectivity index (χ3v) is 11.3. The lowest BCUT2D eigenvalue weighted by Gasteiger charge is -2.13. The molecule has 1 N–H and O–H groups in total. The molecule has 8 nitrogen and oxygen atoms in total. The number of rotatable bonds is 7. The second-order valence-corrected chi connectivity index (χ2v) is 13.8. The molecule has 3 aromatic heterocycles. The molecule has 0 spiro atoms. The maximum atomic E-state index is 13.1. The fourth-order valence-corrected chi connectivity index (χ4v) is 9.03. The number of thiazole rings is 1. The van der Waals surface area contributed by atoms with E-state index in [4.69, 9.17) is 4.98 Å². The molecule has 4 heterocycles. The van der Waals surface area contributed by atoms with Gasteiger partial charge in [-0.15, -0.1) is 22.7 Å². The van der Waals surface area contributed by atoms with E-state index in [1.807, 2.05) is 23.1 Å². The number of hydrogen-bond donors (Lipinski definition) is 1. The fourth-order valence-electron chi connectivity index (χ4n) is 4.95. The molecule has 1 saturated heterocycles. The van der Waals surface area contributed by atoms with Gasteiger partial charge >= 0.3 is 0 Å². The molecule has 2 amide bonds. The predicted octanol–water partition coefficient (Wildman–Crippen LogP) is 4.93. The van der Waals surface area contributed by atoms with E-state index in [2.05, 4.69) is 10.3 Å². The van der Waals surface area contributed by atoms with Crippen molar-refractivity contribution in [3.05, 3.63) is 39.0 Å². The zero-order chi connectivity index (χ0) is 26.2. The van der Waals surface area contributed by atoms with Crippen molar-refractivity contribution in [2.45, 2.75) is 48.0 Å². The lowest BCUT2D eigenvalue weighted by atomic mass is 9.97. The van der Waals surface area contributed by atoms with Crippen molar-refractivity contribution < 1.29 is 9.59 Å². The van der Waals surface area contributed by atoms with Crippen LogP contribution in [0.15, 0.2) is 32.5 Å². The van der Waals surface area contributed by atoms with Crippen molar-refractivity contribution in [2.24, 2.45) is 7.05 Å². The van der Waals surface area contributed by atoms with Crippen molar-refractivity contribution >= 4 is 84.1 Å². The number of aryl methyl sites for hydroxylation is 2. The zero-order valence-corrected chi connectivity index (χ0v) is 24.2. The average Bonchev–Trinajstić information content (AvgIpc) is 3.66. The first-order chi connectivity index (χ1) is 18.5. The summed E-state index contributed by atoms with van der Waals surface area (Å²) in [5.41, 5.74) is 2.70. The molecule has 2 aliphatic rings. The number of nitrogens with zero attached hydrogens (tertiary/aromatic N) is 4. The minimum Gasteiger partial charge on any atom is -0.342 e. The lowest BCUT2D eigenvalue weighted by molar-refractivity contribution is -0.127. The van der Waals surface area contributed by atoms with Crippen LogP contribution in [0, 0.1) is 0 Å². The van der Waals surface area contributed by atoms with Gasteiger partial charge in [0.15, 0.2) is 9.50 Å². The number of thioether (sulfide) groups is 2. The molecule has 38 heavy (non-hydrogen) atoms. The van der Waals surface area contributed by atoms with Crippen LogP contribution >= 0.6 is 46.2 Å². The standard InChI is InChI=1S/C26H27N5O3S4/c1-30-24(34)22-16-6-2-3-7-18(16)37-23(22)29-25(30)35-13-20(32)27-15-8-9-17-19(12-15)38-26(28-17)36-14-21(33)31-10-4-5-11-31/h8-9,12H,2-7,10-11,13-14H2,1H3,(H,27,32). The summed E-state index contributed by atoms with van der Waals surface area (Å²) in [6.45, 7) is 1.72. The highest BCUT2D eigenvalue weighted by Crippen LogP contribution is 2.35. The molecule has 12 heteroatoms. The normalized spacial score (nSPS) is 15.3. The van der Waals surface area contributed by atoms with Gasteiger partial charge in [0.2, 0.25) is 11.8 Å². The van der Waals surface area contributed by atoms with Gasteiger partial charge in [0, 0.05) is 30.7 Å². The van der Waals surface area contributed by atoms with Crippen molar-refractivity contribution in [3.8, 4) is 0 Å². The number of anilines is 1. The van der Waals surface area contributed by atoms with Crippen LogP contribution in [0.3, 0.4) is 0 Å².